The summed E-state index contributed by atoms with van der Waals surface area (Å²) in [4.78, 5) is 23.3. The van der Waals surface area contributed by atoms with E-state index in [1.807, 2.05) is 6.92 Å². The number of rotatable bonds is 4. The van der Waals surface area contributed by atoms with Crippen LogP contribution >= 0.6 is 22.9 Å². The maximum Gasteiger partial charge on any atom is 0.307 e. The van der Waals surface area contributed by atoms with Crippen LogP contribution in [-0.2, 0) is 11.3 Å². The number of hydrogen-bond acceptors (Lipinski definition) is 3. The fourth-order valence-electron chi connectivity index (χ4n) is 1.66. The van der Waals surface area contributed by atoms with Gasteiger partial charge in [0.05, 0.1) is 10.7 Å². The predicted octanol–water partition coefficient (Wildman–Crippen LogP) is 2.90. The molecular formula is C13H13ClN2O2S. The third-order valence-corrected chi connectivity index (χ3v) is 3.90. The Balaban J connectivity index is 1.96. The van der Waals surface area contributed by atoms with E-state index in [0.29, 0.717) is 17.3 Å². The molecule has 2 aromatic rings. The molecule has 0 aliphatic heterocycles. The fraction of sp³-hybridized carbons (Fsp3) is 0.231. The Morgan fingerprint density at radius 1 is 1.42 bits per heavy atom. The summed E-state index contributed by atoms with van der Waals surface area (Å²) in [5.41, 5.74) is 1.46. The van der Waals surface area contributed by atoms with Crippen molar-refractivity contribution >= 4 is 34.5 Å². The summed E-state index contributed by atoms with van der Waals surface area (Å²) >= 11 is 7.09. The van der Waals surface area contributed by atoms with E-state index >= 15 is 0 Å². The number of benzene rings is 1. The van der Waals surface area contributed by atoms with Crippen molar-refractivity contribution in [3.63, 3.8) is 0 Å². The van der Waals surface area contributed by atoms with Gasteiger partial charge in [0.15, 0.2) is 0 Å². The first-order chi connectivity index (χ1) is 9.08. The van der Waals surface area contributed by atoms with Gasteiger partial charge in [0.1, 0.15) is 0 Å². The fourth-order valence-corrected chi connectivity index (χ4v) is 2.61. The van der Waals surface area contributed by atoms with Gasteiger partial charge in [-0.2, -0.15) is 0 Å². The molecule has 0 aliphatic carbocycles. The van der Waals surface area contributed by atoms with Crippen molar-refractivity contribution in [2.24, 2.45) is 0 Å². The average Bonchev–Trinajstić information content (AvgIpc) is 2.70. The lowest BCUT2D eigenvalue weighted by Gasteiger charge is -2.07. The number of carbonyl (C=O) groups excluding carboxylic acids is 1. The number of thiazole rings is 1. The number of anilines is 1. The maximum absolute atomic E-state index is 11.8. The number of aryl methyl sites for hydroxylation is 1. The molecule has 0 saturated carbocycles. The first-order valence-corrected chi connectivity index (χ1v) is 7.03. The Morgan fingerprint density at radius 2 is 2.16 bits per heavy atom. The van der Waals surface area contributed by atoms with Crippen molar-refractivity contribution in [2.75, 3.05) is 5.32 Å². The second-order valence-electron chi connectivity index (χ2n) is 4.07. The minimum atomic E-state index is -0.161. The van der Waals surface area contributed by atoms with Gasteiger partial charge in [-0.3, -0.25) is 9.59 Å². The third kappa shape index (κ3) is 3.45. The molecule has 100 valence electrons. The van der Waals surface area contributed by atoms with Gasteiger partial charge in [0.2, 0.25) is 5.91 Å². The molecule has 2 rings (SSSR count). The molecule has 0 spiro atoms. The summed E-state index contributed by atoms with van der Waals surface area (Å²) in [5, 5.41) is 5.01. The number of carbonyl (C=O) groups is 1. The summed E-state index contributed by atoms with van der Waals surface area (Å²) in [6, 6.07) is 7.05. The van der Waals surface area contributed by atoms with Crippen LogP contribution in [0.2, 0.25) is 5.02 Å². The lowest BCUT2D eigenvalue weighted by molar-refractivity contribution is -0.116. The number of amides is 1. The first-order valence-electron chi connectivity index (χ1n) is 5.77. The summed E-state index contributed by atoms with van der Waals surface area (Å²) in [7, 11) is 0. The summed E-state index contributed by atoms with van der Waals surface area (Å²) in [6.07, 6.45) is 0.239. The first kappa shape index (κ1) is 13.8. The van der Waals surface area contributed by atoms with Gasteiger partial charge in [0.25, 0.3) is 0 Å². The van der Waals surface area contributed by atoms with Crippen molar-refractivity contribution in [2.45, 2.75) is 19.9 Å². The normalized spacial score (nSPS) is 10.4. The molecule has 1 amide bonds. The predicted molar refractivity (Wildman–Crippen MR) is 78.0 cm³/mol. The Hall–Kier alpha value is -1.59. The van der Waals surface area contributed by atoms with Gasteiger partial charge in [-0.15, -0.1) is 0 Å². The molecule has 1 heterocycles. The molecule has 6 heteroatoms. The van der Waals surface area contributed by atoms with E-state index in [0.717, 1.165) is 17.0 Å². The Labute approximate surface area is 119 Å². The van der Waals surface area contributed by atoms with E-state index < -0.39 is 0 Å². The smallest absolute Gasteiger partial charge is 0.307 e. The largest absolute Gasteiger partial charge is 0.325 e. The summed E-state index contributed by atoms with van der Waals surface area (Å²) in [6.45, 7) is 2.23. The van der Waals surface area contributed by atoms with E-state index in [1.165, 1.54) is 0 Å². The lowest BCUT2D eigenvalue weighted by atomic mass is 10.3. The highest BCUT2D eigenvalue weighted by Gasteiger charge is 2.08. The second kappa shape index (κ2) is 6.04. The van der Waals surface area contributed by atoms with Crippen molar-refractivity contribution in [1.29, 1.82) is 0 Å². The highest BCUT2D eigenvalue weighted by Crippen LogP contribution is 2.20. The SMILES string of the molecule is Cc1csc(=O)n1CCC(=O)Nc1ccccc1Cl. The molecule has 0 radical (unpaired) electrons. The molecular weight excluding hydrogens is 284 g/mol. The number of nitrogens with zero attached hydrogens (tertiary/aromatic N) is 1. The van der Waals surface area contributed by atoms with Crippen LogP contribution in [0.25, 0.3) is 0 Å². The monoisotopic (exact) mass is 296 g/mol. The molecule has 1 N–H and O–H groups in total. The van der Waals surface area contributed by atoms with Crippen LogP contribution in [0.4, 0.5) is 5.69 Å². The van der Waals surface area contributed by atoms with E-state index in [2.05, 4.69) is 5.32 Å². The minimum absolute atomic E-state index is 0.0388. The average molecular weight is 297 g/mol. The number of halogens is 1. The van der Waals surface area contributed by atoms with Crippen molar-refractivity contribution in [1.82, 2.24) is 4.57 Å². The van der Waals surface area contributed by atoms with Crippen LogP contribution < -0.4 is 10.2 Å². The molecule has 1 aromatic carbocycles. The molecule has 0 atom stereocenters. The van der Waals surface area contributed by atoms with E-state index in [1.54, 1.807) is 34.2 Å². The molecule has 0 unspecified atom stereocenters. The highest BCUT2D eigenvalue weighted by atomic mass is 35.5. The summed E-state index contributed by atoms with van der Waals surface area (Å²) < 4.78 is 1.59. The molecule has 0 saturated heterocycles. The Bertz CT molecular complexity index is 648. The Kier molecular flexibility index (Phi) is 4.39. The van der Waals surface area contributed by atoms with Crippen LogP contribution in [0.1, 0.15) is 12.1 Å². The van der Waals surface area contributed by atoms with Crippen molar-refractivity contribution in [3.8, 4) is 0 Å². The quantitative estimate of drug-likeness (QED) is 0.943. The topological polar surface area (TPSA) is 51.1 Å². The zero-order valence-corrected chi connectivity index (χ0v) is 11.9. The van der Waals surface area contributed by atoms with Crippen molar-refractivity contribution < 1.29 is 4.79 Å². The lowest BCUT2D eigenvalue weighted by Crippen LogP contribution is -2.20. The van der Waals surface area contributed by atoms with E-state index in [9.17, 15) is 9.59 Å². The van der Waals surface area contributed by atoms with Gasteiger partial charge < -0.3 is 9.88 Å². The Morgan fingerprint density at radius 3 is 2.79 bits per heavy atom. The van der Waals surface area contributed by atoms with Gasteiger partial charge in [-0.1, -0.05) is 35.1 Å². The number of nitrogens with one attached hydrogen (secondary N) is 1. The summed E-state index contributed by atoms with van der Waals surface area (Å²) in [5.74, 6) is -0.161. The van der Waals surface area contributed by atoms with Crippen molar-refractivity contribution in [3.05, 3.63) is 50.0 Å². The molecule has 19 heavy (non-hydrogen) atoms. The second-order valence-corrected chi connectivity index (χ2v) is 5.30. The number of aromatic nitrogens is 1. The number of hydrogen-bond donors (Lipinski definition) is 1. The van der Waals surface area contributed by atoms with Crippen LogP contribution in [0.15, 0.2) is 34.4 Å². The minimum Gasteiger partial charge on any atom is -0.325 e. The van der Waals surface area contributed by atoms with Gasteiger partial charge in [-0.25, -0.2) is 0 Å². The van der Waals surface area contributed by atoms with E-state index in [-0.39, 0.29) is 17.2 Å². The van der Waals surface area contributed by atoms with E-state index in [4.69, 9.17) is 11.6 Å². The molecule has 0 fully saturated rings. The zero-order valence-electron chi connectivity index (χ0n) is 10.4. The van der Waals surface area contributed by atoms with Crippen LogP contribution in [0.5, 0.6) is 0 Å². The third-order valence-electron chi connectivity index (χ3n) is 2.69. The molecule has 1 aromatic heterocycles. The van der Waals surface area contributed by atoms with Gasteiger partial charge >= 0.3 is 4.87 Å². The molecule has 0 bridgehead atoms. The highest BCUT2D eigenvalue weighted by molar-refractivity contribution is 7.07. The van der Waals surface area contributed by atoms with Gasteiger partial charge in [-0.05, 0) is 19.1 Å². The molecule has 0 aliphatic rings. The van der Waals surface area contributed by atoms with Crippen LogP contribution in [0.3, 0.4) is 0 Å². The zero-order chi connectivity index (χ0) is 13.8. The standard InChI is InChI=1S/C13H13ClN2O2S/c1-9-8-19-13(18)16(9)7-6-12(17)15-11-5-3-2-4-10(11)14/h2-5,8H,6-7H2,1H3,(H,15,17). The van der Waals surface area contributed by atoms with Crippen LogP contribution in [-0.4, -0.2) is 10.5 Å². The van der Waals surface area contributed by atoms with Gasteiger partial charge in [0, 0.05) is 24.0 Å². The number of para-hydroxylation sites is 1. The maximum atomic E-state index is 11.8. The van der Waals surface area contributed by atoms with Crippen LogP contribution in [0, 0.1) is 6.92 Å². The molecule has 4 nitrogen and oxygen atoms in total.